The van der Waals surface area contributed by atoms with Crippen molar-refractivity contribution in [1.82, 2.24) is 19.7 Å². The summed E-state index contributed by atoms with van der Waals surface area (Å²) >= 11 is 7.42. The van der Waals surface area contributed by atoms with Gasteiger partial charge in [0, 0.05) is 18.6 Å². The largest absolute Gasteiger partial charge is 0.383 e. The van der Waals surface area contributed by atoms with Gasteiger partial charge in [-0.2, -0.15) is 4.98 Å². The molecule has 0 unspecified atom stereocenters. The zero-order valence-corrected chi connectivity index (χ0v) is 16.1. The number of methoxy groups -OCH3 is 1. The van der Waals surface area contributed by atoms with Crippen molar-refractivity contribution in [2.45, 2.75) is 37.2 Å². The van der Waals surface area contributed by atoms with Gasteiger partial charge in [-0.25, -0.2) is 4.98 Å². The minimum atomic E-state index is -0.122. The van der Waals surface area contributed by atoms with Crippen LogP contribution in [0.4, 0.5) is 0 Å². The number of ether oxygens (including phenoxy) is 1. The van der Waals surface area contributed by atoms with Gasteiger partial charge in [0.15, 0.2) is 11.0 Å². The van der Waals surface area contributed by atoms with Crippen molar-refractivity contribution in [3.05, 3.63) is 45.3 Å². The van der Waals surface area contributed by atoms with Crippen LogP contribution in [0.15, 0.2) is 32.7 Å². The summed E-state index contributed by atoms with van der Waals surface area (Å²) in [5.41, 5.74) is 0.444. The molecule has 0 aliphatic carbocycles. The third-order valence-corrected chi connectivity index (χ3v) is 4.91. The molecule has 0 saturated carbocycles. The first-order chi connectivity index (χ1) is 12.6. The highest BCUT2D eigenvalue weighted by molar-refractivity contribution is 7.98. The standard InChI is InChI=1S/C17H19ClN4O3S/c1-3-4-14-20-15(25-21-14)10-26-17-19-13-9-11(18)5-6-12(13)16(23)22(17)7-8-24-2/h5-6,9H,3-4,7-8,10H2,1-2H3. The van der Waals surface area contributed by atoms with Crippen LogP contribution < -0.4 is 5.56 Å². The second-order valence-corrected chi connectivity index (χ2v) is 7.03. The first-order valence-corrected chi connectivity index (χ1v) is 9.62. The highest BCUT2D eigenvalue weighted by Crippen LogP contribution is 2.23. The fourth-order valence-electron chi connectivity index (χ4n) is 2.46. The molecule has 2 aromatic heterocycles. The van der Waals surface area contributed by atoms with E-state index in [1.807, 2.05) is 0 Å². The van der Waals surface area contributed by atoms with Gasteiger partial charge in [-0.1, -0.05) is 35.4 Å². The third-order valence-electron chi connectivity index (χ3n) is 3.71. The fourth-order valence-corrected chi connectivity index (χ4v) is 3.49. The van der Waals surface area contributed by atoms with Crippen molar-refractivity contribution in [2.24, 2.45) is 0 Å². The lowest BCUT2D eigenvalue weighted by Gasteiger charge is -2.12. The van der Waals surface area contributed by atoms with E-state index in [4.69, 9.17) is 20.9 Å². The summed E-state index contributed by atoms with van der Waals surface area (Å²) < 4.78 is 12.0. The molecule has 0 fully saturated rings. The van der Waals surface area contributed by atoms with Gasteiger partial charge in [0.2, 0.25) is 5.89 Å². The number of hydrogen-bond acceptors (Lipinski definition) is 7. The molecule has 1 aromatic carbocycles. The van der Waals surface area contributed by atoms with Crippen molar-refractivity contribution < 1.29 is 9.26 Å². The predicted octanol–water partition coefficient (Wildman–Crippen LogP) is 3.32. The molecular weight excluding hydrogens is 376 g/mol. The van der Waals surface area contributed by atoms with Crippen LogP contribution in [-0.2, 0) is 23.5 Å². The lowest BCUT2D eigenvalue weighted by atomic mass is 10.2. The molecule has 7 nitrogen and oxygen atoms in total. The summed E-state index contributed by atoms with van der Waals surface area (Å²) in [6.45, 7) is 2.88. The first kappa shape index (κ1) is 18.9. The molecule has 0 amide bonds. The number of rotatable bonds is 8. The molecule has 0 bridgehead atoms. The normalized spacial score (nSPS) is 11.3. The second kappa shape index (κ2) is 8.66. The molecule has 138 valence electrons. The number of hydrogen-bond donors (Lipinski definition) is 0. The van der Waals surface area contributed by atoms with E-state index in [1.165, 1.54) is 11.8 Å². The molecule has 3 rings (SSSR count). The van der Waals surface area contributed by atoms with Crippen molar-refractivity contribution in [1.29, 1.82) is 0 Å². The molecule has 0 aliphatic heterocycles. The lowest BCUT2D eigenvalue weighted by molar-refractivity contribution is 0.183. The molecule has 0 radical (unpaired) electrons. The summed E-state index contributed by atoms with van der Waals surface area (Å²) in [6.07, 6.45) is 1.73. The smallest absolute Gasteiger partial charge is 0.262 e. The average molecular weight is 395 g/mol. The van der Waals surface area contributed by atoms with Gasteiger partial charge in [0.25, 0.3) is 5.56 Å². The van der Waals surface area contributed by atoms with E-state index in [-0.39, 0.29) is 5.56 Å². The molecule has 0 atom stereocenters. The summed E-state index contributed by atoms with van der Waals surface area (Å²) in [6, 6.07) is 5.07. The summed E-state index contributed by atoms with van der Waals surface area (Å²) in [5.74, 6) is 1.64. The Morgan fingerprint density at radius 1 is 1.35 bits per heavy atom. The minimum Gasteiger partial charge on any atom is -0.383 e. The number of aromatic nitrogens is 4. The topological polar surface area (TPSA) is 83.0 Å². The fraction of sp³-hybridized carbons (Fsp3) is 0.412. The van der Waals surface area contributed by atoms with E-state index in [0.29, 0.717) is 51.7 Å². The van der Waals surface area contributed by atoms with E-state index >= 15 is 0 Å². The molecule has 0 saturated heterocycles. The molecular formula is C17H19ClN4O3S. The zero-order chi connectivity index (χ0) is 18.5. The van der Waals surface area contributed by atoms with E-state index in [1.54, 1.807) is 29.9 Å². The summed E-state index contributed by atoms with van der Waals surface area (Å²) in [7, 11) is 1.60. The molecule has 26 heavy (non-hydrogen) atoms. The Morgan fingerprint density at radius 2 is 2.19 bits per heavy atom. The van der Waals surface area contributed by atoms with Gasteiger partial charge in [-0.3, -0.25) is 9.36 Å². The van der Waals surface area contributed by atoms with Crippen molar-refractivity contribution in [3.8, 4) is 0 Å². The molecule has 9 heteroatoms. The van der Waals surface area contributed by atoms with Crippen LogP contribution in [0.2, 0.25) is 5.02 Å². The van der Waals surface area contributed by atoms with E-state index in [9.17, 15) is 4.79 Å². The number of fused-ring (bicyclic) bond motifs is 1. The van der Waals surface area contributed by atoms with Crippen molar-refractivity contribution >= 4 is 34.3 Å². The van der Waals surface area contributed by atoms with Crippen LogP contribution in [-0.4, -0.2) is 33.4 Å². The Morgan fingerprint density at radius 3 is 2.96 bits per heavy atom. The lowest BCUT2D eigenvalue weighted by Crippen LogP contribution is -2.25. The third kappa shape index (κ3) is 4.25. The Labute approximate surface area is 159 Å². The van der Waals surface area contributed by atoms with E-state index in [0.717, 1.165) is 12.8 Å². The van der Waals surface area contributed by atoms with E-state index in [2.05, 4.69) is 22.0 Å². The van der Waals surface area contributed by atoms with Gasteiger partial charge in [-0.15, -0.1) is 0 Å². The van der Waals surface area contributed by atoms with Crippen LogP contribution in [0, 0.1) is 0 Å². The van der Waals surface area contributed by atoms with E-state index < -0.39 is 0 Å². The Hall–Kier alpha value is -1.90. The SMILES string of the molecule is CCCc1noc(CSc2nc3cc(Cl)ccc3c(=O)n2CCOC)n1. The minimum absolute atomic E-state index is 0.122. The quantitative estimate of drug-likeness (QED) is 0.428. The summed E-state index contributed by atoms with van der Waals surface area (Å²) in [4.78, 5) is 21.8. The monoisotopic (exact) mass is 394 g/mol. The number of benzene rings is 1. The molecule has 3 aromatic rings. The van der Waals surface area contributed by atoms with Crippen LogP contribution in [0.3, 0.4) is 0 Å². The van der Waals surface area contributed by atoms with Crippen LogP contribution in [0.25, 0.3) is 10.9 Å². The summed E-state index contributed by atoms with van der Waals surface area (Å²) in [5, 5.41) is 5.57. The predicted molar refractivity (Wildman–Crippen MR) is 101 cm³/mol. The van der Waals surface area contributed by atoms with Crippen LogP contribution >= 0.6 is 23.4 Å². The highest BCUT2D eigenvalue weighted by Gasteiger charge is 2.14. The Bertz CT molecular complexity index is 957. The molecule has 2 heterocycles. The number of halogens is 1. The van der Waals surface area contributed by atoms with Crippen LogP contribution in [0.5, 0.6) is 0 Å². The maximum Gasteiger partial charge on any atom is 0.262 e. The second-order valence-electron chi connectivity index (χ2n) is 5.65. The number of nitrogens with zero attached hydrogens (tertiary/aromatic N) is 4. The van der Waals surface area contributed by atoms with Crippen molar-refractivity contribution in [3.63, 3.8) is 0 Å². The number of thioether (sulfide) groups is 1. The first-order valence-electron chi connectivity index (χ1n) is 8.25. The van der Waals surface area contributed by atoms with Crippen LogP contribution in [0.1, 0.15) is 25.1 Å². The Kier molecular flexibility index (Phi) is 6.29. The van der Waals surface area contributed by atoms with Gasteiger partial charge in [0.1, 0.15) is 0 Å². The maximum atomic E-state index is 12.8. The van der Waals surface area contributed by atoms with Crippen molar-refractivity contribution in [2.75, 3.05) is 13.7 Å². The Balaban J connectivity index is 1.92. The highest BCUT2D eigenvalue weighted by atomic mass is 35.5. The molecule has 0 spiro atoms. The average Bonchev–Trinajstić information content (AvgIpc) is 3.07. The molecule has 0 N–H and O–H groups in total. The number of aryl methyl sites for hydroxylation is 1. The maximum absolute atomic E-state index is 12.8. The van der Waals surface area contributed by atoms with Gasteiger partial charge >= 0.3 is 0 Å². The van der Waals surface area contributed by atoms with Gasteiger partial charge in [-0.05, 0) is 24.6 Å². The zero-order valence-electron chi connectivity index (χ0n) is 14.6. The molecule has 0 aliphatic rings. The van der Waals surface area contributed by atoms with Gasteiger partial charge < -0.3 is 9.26 Å². The van der Waals surface area contributed by atoms with Gasteiger partial charge in [0.05, 0.1) is 29.8 Å².